The predicted octanol–water partition coefficient (Wildman–Crippen LogP) is 2.97. The third-order valence-electron chi connectivity index (χ3n) is 2.75. The van der Waals surface area contributed by atoms with Crippen molar-refractivity contribution in [2.24, 2.45) is 0 Å². The van der Waals surface area contributed by atoms with Gasteiger partial charge in [0.2, 0.25) is 0 Å². The molecular weight excluding hydrogens is 226 g/mol. The van der Waals surface area contributed by atoms with Gasteiger partial charge in [-0.3, -0.25) is 4.79 Å². The van der Waals surface area contributed by atoms with Crippen molar-refractivity contribution in [1.29, 1.82) is 5.41 Å². The first-order chi connectivity index (χ1) is 8.69. The van der Waals surface area contributed by atoms with Crippen LogP contribution < -0.4 is 0 Å². The largest absolute Gasteiger partial charge is 0.389 e. The molecule has 0 radical (unpaired) electrons. The minimum Gasteiger partial charge on any atom is -0.389 e. The molecule has 0 bridgehead atoms. The number of aliphatic hydroxyl groups excluding tert-OH is 1. The number of aldehydes is 1. The van der Waals surface area contributed by atoms with E-state index < -0.39 is 6.10 Å². The van der Waals surface area contributed by atoms with Gasteiger partial charge in [-0.1, -0.05) is 43.3 Å². The van der Waals surface area contributed by atoms with Crippen molar-refractivity contribution in [3.05, 3.63) is 47.5 Å². The lowest BCUT2D eigenvalue weighted by atomic mass is 10.0. The summed E-state index contributed by atoms with van der Waals surface area (Å²) >= 11 is 0. The van der Waals surface area contributed by atoms with E-state index in [0.717, 1.165) is 6.29 Å². The Kier molecular flexibility index (Phi) is 6.01. The van der Waals surface area contributed by atoms with Gasteiger partial charge < -0.3 is 10.5 Å². The van der Waals surface area contributed by atoms with Crippen LogP contribution in [0.1, 0.15) is 42.1 Å². The quantitative estimate of drug-likeness (QED) is 0.440. The molecule has 0 aliphatic heterocycles. The molecule has 0 spiro atoms. The number of carbonyl (C=O) groups excluding carboxylic acids is 1. The molecule has 0 aliphatic rings. The summed E-state index contributed by atoms with van der Waals surface area (Å²) in [6.07, 6.45) is 5.97. The minimum absolute atomic E-state index is 0.401. The maximum absolute atomic E-state index is 10.8. The molecule has 2 N–H and O–H groups in total. The summed E-state index contributed by atoms with van der Waals surface area (Å²) in [6, 6.07) is 7.12. The van der Waals surface area contributed by atoms with E-state index in [2.05, 4.69) is 0 Å². The third kappa shape index (κ3) is 4.26. The zero-order valence-corrected chi connectivity index (χ0v) is 10.6. The van der Waals surface area contributed by atoms with Gasteiger partial charge in [0.05, 0.1) is 6.10 Å². The van der Waals surface area contributed by atoms with Crippen molar-refractivity contribution in [2.75, 3.05) is 0 Å². The number of hydrogen-bond donors (Lipinski definition) is 2. The number of carbonyl (C=O) groups is 1. The molecule has 3 heteroatoms. The molecule has 0 aromatic heterocycles. The van der Waals surface area contributed by atoms with Crippen molar-refractivity contribution in [2.45, 2.75) is 32.3 Å². The van der Waals surface area contributed by atoms with Crippen LogP contribution in [0.5, 0.6) is 0 Å². The highest BCUT2D eigenvalue weighted by Gasteiger charge is 2.05. The van der Waals surface area contributed by atoms with Crippen LogP contribution in [0.15, 0.2) is 36.4 Å². The van der Waals surface area contributed by atoms with Gasteiger partial charge in [-0.25, -0.2) is 0 Å². The molecule has 0 aliphatic carbocycles. The number of rotatable bonds is 7. The van der Waals surface area contributed by atoms with Crippen LogP contribution in [-0.4, -0.2) is 23.2 Å². The first-order valence-electron chi connectivity index (χ1n) is 6.15. The molecule has 0 fully saturated rings. The van der Waals surface area contributed by atoms with E-state index in [0.29, 0.717) is 36.1 Å². The fourth-order valence-electron chi connectivity index (χ4n) is 1.63. The van der Waals surface area contributed by atoms with Gasteiger partial charge in [0.15, 0.2) is 6.29 Å². The van der Waals surface area contributed by atoms with E-state index in [1.54, 1.807) is 24.3 Å². The molecule has 1 aromatic carbocycles. The Labute approximate surface area is 108 Å². The van der Waals surface area contributed by atoms with E-state index in [9.17, 15) is 9.90 Å². The second-order valence-corrected chi connectivity index (χ2v) is 4.13. The molecule has 1 rings (SSSR count). The van der Waals surface area contributed by atoms with E-state index in [4.69, 9.17) is 5.41 Å². The maximum atomic E-state index is 10.8. The summed E-state index contributed by atoms with van der Waals surface area (Å²) in [5, 5.41) is 17.3. The molecular formula is C15H19NO2. The summed E-state index contributed by atoms with van der Waals surface area (Å²) < 4.78 is 0. The summed E-state index contributed by atoms with van der Waals surface area (Å²) in [6.45, 7) is 1.91. The summed E-state index contributed by atoms with van der Waals surface area (Å²) in [5.74, 6) is 0. The molecule has 1 unspecified atom stereocenters. The Bertz CT molecular complexity index is 438. The highest BCUT2D eigenvalue weighted by molar-refractivity contribution is 6.04. The fraction of sp³-hybridized carbons (Fsp3) is 0.333. The zero-order valence-electron chi connectivity index (χ0n) is 10.6. The van der Waals surface area contributed by atoms with Crippen molar-refractivity contribution in [3.8, 4) is 0 Å². The van der Waals surface area contributed by atoms with Gasteiger partial charge >= 0.3 is 0 Å². The Morgan fingerprint density at radius 2 is 2.17 bits per heavy atom. The van der Waals surface area contributed by atoms with Gasteiger partial charge in [0.25, 0.3) is 0 Å². The summed E-state index contributed by atoms with van der Waals surface area (Å²) in [7, 11) is 0. The van der Waals surface area contributed by atoms with E-state index in [-0.39, 0.29) is 0 Å². The van der Waals surface area contributed by atoms with Gasteiger partial charge in [-0.2, -0.15) is 0 Å². The fourth-order valence-corrected chi connectivity index (χ4v) is 1.63. The minimum atomic E-state index is -0.401. The van der Waals surface area contributed by atoms with Gasteiger partial charge in [-0.05, 0) is 19.3 Å². The molecule has 1 aromatic rings. The summed E-state index contributed by atoms with van der Waals surface area (Å²) in [4.78, 5) is 10.8. The van der Waals surface area contributed by atoms with Gasteiger partial charge in [0.1, 0.15) is 0 Å². The number of hydrogen-bond acceptors (Lipinski definition) is 3. The second kappa shape index (κ2) is 7.56. The monoisotopic (exact) mass is 245 g/mol. The van der Waals surface area contributed by atoms with Gasteiger partial charge in [-0.15, -0.1) is 0 Å². The Morgan fingerprint density at radius 3 is 2.83 bits per heavy atom. The topological polar surface area (TPSA) is 61.1 Å². The predicted molar refractivity (Wildman–Crippen MR) is 73.3 cm³/mol. The van der Waals surface area contributed by atoms with E-state index in [1.165, 1.54) is 0 Å². The molecule has 0 saturated carbocycles. The van der Waals surface area contributed by atoms with Crippen molar-refractivity contribution in [1.82, 2.24) is 0 Å². The Morgan fingerprint density at radius 1 is 1.44 bits per heavy atom. The standard InChI is InChI=1S/C15H19NO2/c1-2-13(18)8-4-6-10-15(16)14-9-5-3-7-12(14)11-17/h3-5,7-9,11,13,16,18H,2,6,10H2,1H3/b8-4+,16-15?. The SMILES string of the molecule is CCC(O)/C=C/CCC(=N)c1ccccc1C=O. The molecule has 18 heavy (non-hydrogen) atoms. The normalized spacial score (nSPS) is 12.6. The van der Waals surface area contributed by atoms with Gasteiger partial charge in [0, 0.05) is 16.8 Å². The maximum Gasteiger partial charge on any atom is 0.150 e. The number of nitrogens with one attached hydrogen (secondary N) is 1. The molecule has 3 nitrogen and oxygen atoms in total. The first-order valence-corrected chi connectivity index (χ1v) is 6.15. The molecule has 96 valence electrons. The van der Waals surface area contributed by atoms with Crippen molar-refractivity contribution < 1.29 is 9.90 Å². The molecule has 1 atom stereocenters. The zero-order chi connectivity index (χ0) is 13.4. The highest BCUT2D eigenvalue weighted by atomic mass is 16.3. The van der Waals surface area contributed by atoms with E-state index in [1.807, 2.05) is 19.1 Å². The lowest BCUT2D eigenvalue weighted by Gasteiger charge is -2.05. The Balaban J connectivity index is 2.55. The first kappa shape index (κ1) is 14.3. The van der Waals surface area contributed by atoms with Crippen LogP contribution >= 0.6 is 0 Å². The summed E-state index contributed by atoms with van der Waals surface area (Å²) in [5.41, 5.74) is 1.70. The molecule has 0 amide bonds. The van der Waals surface area contributed by atoms with Crippen LogP contribution in [0, 0.1) is 5.41 Å². The number of aliphatic hydroxyl groups is 1. The number of allylic oxidation sites excluding steroid dienone is 1. The Hall–Kier alpha value is -1.74. The smallest absolute Gasteiger partial charge is 0.150 e. The van der Waals surface area contributed by atoms with Crippen LogP contribution in [-0.2, 0) is 0 Å². The van der Waals surface area contributed by atoms with Crippen molar-refractivity contribution >= 4 is 12.0 Å². The number of benzene rings is 1. The highest BCUT2D eigenvalue weighted by Crippen LogP contribution is 2.10. The van der Waals surface area contributed by atoms with Crippen LogP contribution in [0.25, 0.3) is 0 Å². The third-order valence-corrected chi connectivity index (χ3v) is 2.75. The average molecular weight is 245 g/mol. The van der Waals surface area contributed by atoms with Crippen molar-refractivity contribution in [3.63, 3.8) is 0 Å². The average Bonchev–Trinajstić information content (AvgIpc) is 2.42. The molecule has 0 saturated heterocycles. The lowest BCUT2D eigenvalue weighted by molar-refractivity contribution is 0.112. The van der Waals surface area contributed by atoms with Crippen LogP contribution in [0.2, 0.25) is 0 Å². The second-order valence-electron chi connectivity index (χ2n) is 4.13. The van der Waals surface area contributed by atoms with E-state index >= 15 is 0 Å². The van der Waals surface area contributed by atoms with Crippen LogP contribution in [0.4, 0.5) is 0 Å². The lowest BCUT2D eigenvalue weighted by Crippen LogP contribution is -2.03. The van der Waals surface area contributed by atoms with Crippen LogP contribution in [0.3, 0.4) is 0 Å². The molecule has 0 heterocycles.